The van der Waals surface area contributed by atoms with Crippen LogP contribution in [0.2, 0.25) is 0 Å². The van der Waals surface area contributed by atoms with Crippen molar-refractivity contribution in [3.63, 3.8) is 0 Å². The van der Waals surface area contributed by atoms with E-state index in [9.17, 15) is 0 Å². The Morgan fingerprint density at radius 2 is 2.00 bits per heavy atom. The smallest absolute Gasteiger partial charge is 0.0716 e. The topological polar surface area (TPSA) is 21.3 Å². The summed E-state index contributed by atoms with van der Waals surface area (Å²) >= 11 is 0. The Hall–Kier alpha value is -0.860. The van der Waals surface area contributed by atoms with Crippen LogP contribution in [0, 0.1) is 5.92 Å². The lowest BCUT2D eigenvalue weighted by Gasteiger charge is -2.17. The van der Waals surface area contributed by atoms with Gasteiger partial charge in [-0.05, 0) is 36.3 Å². The van der Waals surface area contributed by atoms with Gasteiger partial charge in [0.2, 0.25) is 0 Å². The van der Waals surface area contributed by atoms with Crippen molar-refractivity contribution in [2.75, 3.05) is 7.11 Å². The van der Waals surface area contributed by atoms with Crippen LogP contribution < -0.4 is 5.32 Å². The van der Waals surface area contributed by atoms with Gasteiger partial charge in [-0.25, -0.2) is 0 Å². The fourth-order valence-electron chi connectivity index (χ4n) is 2.41. The lowest BCUT2D eigenvalue weighted by Crippen LogP contribution is -2.30. The molecule has 1 aromatic rings. The van der Waals surface area contributed by atoms with E-state index in [1.165, 1.54) is 30.4 Å². The van der Waals surface area contributed by atoms with Gasteiger partial charge in [0, 0.05) is 19.7 Å². The van der Waals surface area contributed by atoms with Crippen LogP contribution in [0.25, 0.3) is 0 Å². The Morgan fingerprint density at radius 3 is 2.59 bits per heavy atom. The van der Waals surface area contributed by atoms with E-state index in [-0.39, 0.29) is 0 Å². The second-order valence-electron chi connectivity index (χ2n) is 4.93. The lowest BCUT2D eigenvalue weighted by atomic mass is 10.1. The summed E-state index contributed by atoms with van der Waals surface area (Å²) in [6.07, 6.45) is 4.05. The van der Waals surface area contributed by atoms with Crippen LogP contribution >= 0.6 is 0 Å². The third-order valence-corrected chi connectivity index (χ3v) is 3.60. The third-order valence-electron chi connectivity index (χ3n) is 3.60. The molecule has 2 nitrogen and oxygen atoms in total. The summed E-state index contributed by atoms with van der Waals surface area (Å²) in [4.78, 5) is 0. The number of methoxy groups -OCH3 is 1. The zero-order chi connectivity index (χ0) is 12.1. The highest BCUT2D eigenvalue weighted by molar-refractivity contribution is 5.26. The van der Waals surface area contributed by atoms with Crippen molar-refractivity contribution in [3.8, 4) is 0 Å². The van der Waals surface area contributed by atoms with Crippen LogP contribution in [0.15, 0.2) is 24.3 Å². The van der Waals surface area contributed by atoms with Gasteiger partial charge in [-0.2, -0.15) is 0 Å². The highest BCUT2D eigenvalue weighted by Gasteiger charge is 2.29. The molecule has 0 spiro atoms. The fourth-order valence-corrected chi connectivity index (χ4v) is 2.41. The first-order valence-electron chi connectivity index (χ1n) is 6.64. The maximum Gasteiger partial charge on any atom is 0.0716 e. The zero-order valence-corrected chi connectivity index (χ0v) is 10.9. The Balaban J connectivity index is 1.92. The van der Waals surface area contributed by atoms with Gasteiger partial charge >= 0.3 is 0 Å². The molecular weight excluding hydrogens is 210 g/mol. The number of nitrogens with one attached hydrogen (secondary N) is 1. The summed E-state index contributed by atoms with van der Waals surface area (Å²) in [5.41, 5.74) is 2.67. The average Bonchev–Trinajstić information content (AvgIpc) is 3.17. The zero-order valence-electron chi connectivity index (χ0n) is 10.9. The summed E-state index contributed by atoms with van der Waals surface area (Å²) in [5, 5.41) is 3.69. The molecule has 1 saturated carbocycles. The van der Waals surface area contributed by atoms with Gasteiger partial charge < -0.3 is 10.1 Å². The molecule has 0 saturated heterocycles. The molecule has 1 N–H and O–H groups in total. The summed E-state index contributed by atoms with van der Waals surface area (Å²) in [5.74, 6) is 0.926. The molecule has 17 heavy (non-hydrogen) atoms. The van der Waals surface area contributed by atoms with Crippen LogP contribution in [0.4, 0.5) is 0 Å². The Labute approximate surface area is 104 Å². The van der Waals surface area contributed by atoms with E-state index in [4.69, 9.17) is 4.74 Å². The van der Waals surface area contributed by atoms with Crippen LogP contribution in [-0.4, -0.2) is 13.2 Å². The van der Waals surface area contributed by atoms with Crippen molar-refractivity contribution < 1.29 is 4.74 Å². The molecule has 0 radical (unpaired) electrons. The van der Waals surface area contributed by atoms with Crippen molar-refractivity contribution in [1.29, 1.82) is 0 Å². The Kier molecular flexibility index (Phi) is 4.57. The van der Waals surface area contributed by atoms with Crippen LogP contribution in [-0.2, 0) is 17.9 Å². The molecule has 0 amide bonds. The maximum atomic E-state index is 5.23. The van der Waals surface area contributed by atoms with Gasteiger partial charge in [0.15, 0.2) is 0 Å². The molecule has 0 aliphatic heterocycles. The van der Waals surface area contributed by atoms with E-state index < -0.39 is 0 Å². The highest BCUT2D eigenvalue weighted by atomic mass is 16.5. The number of benzene rings is 1. The van der Waals surface area contributed by atoms with E-state index >= 15 is 0 Å². The second-order valence-corrected chi connectivity index (χ2v) is 4.93. The average molecular weight is 233 g/mol. The highest BCUT2D eigenvalue weighted by Crippen LogP contribution is 2.34. The quantitative estimate of drug-likeness (QED) is 0.781. The second kappa shape index (κ2) is 6.18. The summed E-state index contributed by atoms with van der Waals surface area (Å²) in [6, 6.07) is 9.23. The molecule has 2 rings (SSSR count). The molecular formula is C15H23NO. The van der Waals surface area contributed by atoms with Crippen LogP contribution in [0.3, 0.4) is 0 Å². The summed E-state index contributed by atoms with van der Waals surface area (Å²) in [6.45, 7) is 3.95. The van der Waals surface area contributed by atoms with Crippen LogP contribution in [0.5, 0.6) is 0 Å². The first-order chi connectivity index (χ1) is 8.35. The molecule has 1 unspecified atom stereocenters. The van der Waals surface area contributed by atoms with Gasteiger partial charge in [0.05, 0.1) is 6.61 Å². The molecule has 0 aromatic heterocycles. The van der Waals surface area contributed by atoms with E-state index in [1.54, 1.807) is 7.11 Å². The standard InChI is InChI=1S/C15H23NO/c1-3-15(12-8-9-12)16-10-13-6-4-5-7-14(13)11-17-2/h4-7,12,15-16H,3,8-11H2,1-2H3. The molecule has 0 heterocycles. The van der Waals surface area contributed by atoms with Crippen LogP contribution in [0.1, 0.15) is 37.3 Å². The number of hydrogen-bond donors (Lipinski definition) is 1. The molecule has 1 aromatic carbocycles. The van der Waals surface area contributed by atoms with Crippen molar-refractivity contribution in [3.05, 3.63) is 35.4 Å². The first kappa shape index (κ1) is 12.6. The monoisotopic (exact) mass is 233 g/mol. The Morgan fingerprint density at radius 1 is 1.29 bits per heavy atom. The predicted octanol–water partition coefficient (Wildman–Crippen LogP) is 3.11. The number of hydrogen-bond acceptors (Lipinski definition) is 2. The van der Waals surface area contributed by atoms with E-state index in [0.717, 1.165) is 12.5 Å². The number of rotatable bonds is 7. The molecule has 0 bridgehead atoms. The largest absolute Gasteiger partial charge is 0.380 e. The molecule has 1 aliphatic rings. The third kappa shape index (κ3) is 3.55. The number of ether oxygens (including phenoxy) is 1. The predicted molar refractivity (Wildman–Crippen MR) is 70.8 cm³/mol. The Bertz CT molecular complexity index is 347. The van der Waals surface area contributed by atoms with Crippen molar-refractivity contribution in [2.24, 2.45) is 5.92 Å². The van der Waals surface area contributed by atoms with E-state index in [1.807, 2.05) is 0 Å². The summed E-state index contributed by atoms with van der Waals surface area (Å²) in [7, 11) is 1.75. The lowest BCUT2D eigenvalue weighted by molar-refractivity contribution is 0.184. The van der Waals surface area contributed by atoms with Gasteiger partial charge in [-0.1, -0.05) is 31.2 Å². The first-order valence-corrected chi connectivity index (χ1v) is 6.64. The van der Waals surface area contributed by atoms with E-state index in [2.05, 4.69) is 36.5 Å². The molecule has 1 fully saturated rings. The van der Waals surface area contributed by atoms with Gasteiger partial charge in [0.1, 0.15) is 0 Å². The van der Waals surface area contributed by atoms with Crippen molar-refractivity contribution in [1.82, 2.24) is 5.32 Å². The minimum atomic E-state index is 0.700. The minimum absolute atomic E-state index is 0.700. The summed E-state index contributed by atoms with van der Waals surface area (Å²) < 4.78 is 5.23. The SMILES string of the molecule is CCC(NCc1ccccc1COC)C1CC1. The molecule has 2 heteroatoms. The van der Waals surface area contributed by atoms with Gasteiger partial charge in [-0.15, -0.1) is 0 Å². The molecule has 1 aliphatic carbocycles. The van der Waals surface area contributed by atoms with Gasteiger partial charge in [0.25, 0.3) is 0 Å². The van der Waals surface area contributed by atoms with Crippen molar-refractivity contribution >= 4 is 0 Å². The normalized spacial score (nSPS) is 17.1. The van der Waals surface area contributed by atoms with E-state index in [0.29, 0.717) is 12.6 Å². The molecule has 94 valence electrons. The minimum Gasteiger partial charge on any atom is -0.380 e. The van der Waals surface area contributed by atoms with Gasteiger partial charge in [-0.3, -0.25) is 0 Å². The molecule has 1 atom stereocenters. The fraction of sp³-hybridized carbons (Fsp3) is 0.600. The van der Waals surface area contributed by atoms with Crippen molar-refractivity contribution in [2.45, 2.75) is 45.4 Å². The maximum absolute atomic E-state index is 5.23.